The third kappa shape index (κ3) is 11.4. The number of carboxylic acid groups (broad SMARTS) is 2. The van der Waals surface area contributed by atoms with Gasteiger partial charge in [0.15, 0.2) is 0 Å². The van der Waals surface area contributed by atoms with Crippen molar-refractivity contribution in [1.82, 2.24) is 31.6 Å². The van der Waals surface area contributed by atoms with Crippen LogP contribution in [0.15, 0.2) is 30.5 Å². The van der Waals surface area contributed by atoms with Gasteiger partial charge in [0, 0.05) is 29.9 Å². The first-order valence-electron chi connectivity index (χ1n) is 14.9. The summed E-state index contributed by atoms with van der Waals surface area (Å²) in [5, 5.41) is 41.8. The van der Waals surface area contributed by atoms with Crippen LogP contribution in [0.4, 0.5) is 0 Å². The number of carbonyl (C=O) groups excluding carboxylic acids is 5. The number of hydrogen-bond acceptors (Lipinski definition) is 9. The number of amides is 5. The van der Waals surface area contributed by atoms with E-state index in [1.807, 2.05) is 0 Å². The Morgan fingerprint density at radius 2 is 1.38 bits per heavy atom. The van der Waals surface area contributed by atoms with Crippen molar-refractivity contribution >= 4 is 52.4 Å². The molecule has 2 rings (SSSR count). The molecule has 17 nitrogen and oxygen atoms in total. The number of rotatable bonds is 18. The molecule has 6 atom stereocenters. The van der Waals surface area contributed by atoms with Gasteiger partial charge in [0.1, 0.15) is 30.2 Å². The number of benzene rings is 1. The van der Waals surface area contributed by atoms with Crippen LogP contribution >= 0.6 is 0 Å². The summed E-state index contributed by atoms with van der Waals surface area (Å²) in [6.45, 7) is 5.29. The van der Waals surface area contributed by atoms with Crippen molar-refractivity contribution in [3.63, 3.8) is 0 Å². The lowest BCUT2D eigenvalue weighted by molar-refractivity contribution is -0.143. The van der Waals surface area contributed by atoms with Crippen LogP contribution in [0.5, 0.6) is 0 Å². The van der Waals surface area contributed by atoms with Crippen molar-refractivity contribution in [2.24, 2.45) is 11.7 Å². The molecule has 0 aliphatic carbocycles. The third-order valence-corrected chi connectivity index (χ3v) is 7.26. The van der Waals surface area contributed by atoms with Gasteiger partial charge in [-0.1, -0.05) is 32.0 Å². The highest BCUT2D eigenvalue weighted by Gasteiger charge is 2.35. The second-order valence-corrected chi connectivity index (χ2v) is 11.4. The number of para-hydroxylation sites is 1. The summed E-state index contributed by atoms with van der Waals surface area (Å²) in [7, 11) is 0. The van der Waals surface area contributed by atoms with Gasteiger partial charge in [0.05, 0.1) is 12.6 Å². The zero-order chi connectivity index (χ0) is 35.4. The van der Waals surface area contributed by atoms with Gasteiger partial charge >= 0.3 is 11.9 Å². The van der Waals surface area contributed by atoms with Gasteiger partial charge in [0.25, 0.3) is 0 Å². The summed E-state index contributed by atoms with van der Waals surface area (Å²) in [4.78, 5) is 90.5. The van der Waals surface area contributed by atoms with Crippen molar-refractivity contribution in [3.8, 4) is 0 Å². The number of H-pyrrole nitrogens is 1. The van der Waals surface area contributed by atoms with E-state index in [0.717, 1.165) is 10.9 Å². The topological polar surface area (TPSA) is 282 Å². The predicted octanol–water partition coefficient (Wildman–Crippen LogP) is -1.90. The highest BCUT2D eigenvalue weighted by atomic mass is 16.4. The molecule has 0 aliphatic rings. The fourth-order valence-corrected chi connectivity index (χ4v) is 4.62. The minimum absolute atomic E-state index is 0.101. The monoisotopic (exact) mass is 661 g/mol. The van der Waals surface area contributed by atoms with E-state index in [0.29, 0.717) is 5.56 Å². The van der Waals surface area contributed by atoms with Crippen molar-refractivity contribution in [3.05, 3.63) is 36.0 Å². The fraction of sp³-hybridized carbons (Fsp3) is 0.500. The zero-order valence-electron chi connectivity index (χ0n) is 26.5. The number of fused-ring (bicyclic) bond motifs is 1. The molecule has 0 bridgehead atoms. The maximum absolute atomic E-state index is 13.5. The molecule has 5 amide bonds. The van der Waals surface area contributed by atoms with Crippen LogP contribution in [0.1, 0.15) is 46.1 Å². The number of aliphatic hydroxyl groups is 1. The Hall–Kier alpha value is -5.03. The van der Waals surface area contributed by atoms with Crippen LogP contribution in [0.2, 0.25) is 0 Å². The summed E-state index contributed by atoms with van der Waals surface area (Å²) in [6, 6.07) is 0.174. The third-order valence-electron chi connectivity index (χ3n) is 7.26. The Kier molecular flexibility index (Phi) is 14.3. The highest BCUT2D eigenvalue weighted by Crippen LogP contribution is 2.19. The highest BCUT2D eigenvalue weighted by molar-refractivity contribution is 5.97. The largest absolute Gasteiger partial charge is 0.481 e. The molecule has 0 fully saturated rings. The van der Waals surface area contributed by atoms with Crippen molar-refractivity contribution in [2.75, 3.05) is 6.54 Å². The Balaban J connectivity index is 2.33. The minimum Gasteiger partial charge on any atom is -0.481 e. The summed E-state index contributed by atoms with van der Waals surface area (Å²) < 4.78 is 0. The molecule has 1 aromatic heterocycles. The number of aromatic amines is 1. The van der Waals surface area contributed by atoms with E-state index in [1.54, 1.807) is 44.3 Å². The number of nitrogens with one attached hydrogen (secondary N) is 6. The number of nitrogens with two attached hydrogens (primary N) is 1. The van der Waals surface area contributed by atoms with Crippen LogP contribution in [0, 0.1) is 5.92 Å². The average Bonchev–Trinajstić information content (AvgIpc) is 3.41. The van der Waals surface area contributed by atoms with Crippen molar-refractivity contribution in [1.29, 1.82) is 0 Å². The standard InChI is InChI=1S/C30H43N7O10/c1-14(2)24(30(46)47)36-28(44)21(11-17-13-32-19-8-6-5-7-18(17)19)35-29(45)25(16(4)38)37-27(43)20(9-10-23(40)41)34-26(42)15(3)33-22(39)12-31/h5-8,13-16,20-21,24-25,32,38H,9-12,31H2,1-4H3,(H,33,39)(H,34,42)(H,35,45)(H,36,44)(H,37,43)(H,40,41)(H,46,47)/t15-,16+,20-,21-,24-,25-/m0/s1. The second kappa shape index (κ2) is 17.6. The molecule has 0 unspecified atom stereocenters. The van der Waals surface area contributed by atoms with E-state index >= 15 is 0 Å². The Morgan fingerprint density at radius 1 is 0.787 bits per heavy atom. The van der Waals surface area contributed by atoms with Crippen molar-refractivity contribution in [2.45, 2.75) is 83.3 Å². The molecular weight excluding hydrogens is 618 g/mol. The lowest BCUT2D eigenvalue weighted by Crippen LogP contribution is -2.61. The Labute approximate surface area is 270 Å². The molecular formula is C30H43N7O10. The van der Waals surface area contributed by atoms with Gasteiger partial charge in [-0.05, 0) is 37.8 Å². The summed E-state index contributed by atoms with van der Waals surface area (Å²) in [6.07, 6.45) is -0.973. The van der Waals surface area contributed by atoms with E-state index in [9.17, 15) is 43.8 Å². The number of carboxylic acids is 2. The first kappa shape index (κ1) is 38.2. The maximum atomic E-state index is 13.5. The number of aliphatic carboxylic acids is 2. The molecule has 0 spiro atoms. The lowest BCUT2D eigenvalue weighted by atomic mass is 10.0. The van der Waals surface area contributed by atoms with Gasteiger partial charge in [-0.2, -0.15) is 0 Å². The molecule has 0 aliphatic heterocycles. The Bertz CT molecular complexity index is 1460. The van der Waals surface area contributed by atoms with E-state index in [-0.39, 0.29) is 6.42 Å². The van der Waals surface area contributed by atoms with E-state index < -0.39 is 103 Å². The molecule has 11 N–H and O–H groups in total. The second-order valence-electron chi connectivity index (χ2n) is 11.4. The van der Waals surface area contributed by atoms with Gasteiger partial charge in [0.2, 0.25) is 29.5 Å². The molecule has 0 radical (unpaired) electrons. The molecule has 0 saturated heterocycles. The number of hydrogen-bond donors (Lipinski definition) is 10. The first-order valence-corrected chi connectivity index (χ1v) is 14.9. The van der Waals surface area contributed by atoms with Crippen molar-refractivity contribution < 1.29 is 48.9 Å². The molecule has 0 saturated carbocycles. The summed E-state index contributed by atoms with van der Waals surface area (Å²) >= 11 is 0. The van der Waals surface area contributed by atoms with Crippen LogP contribution < -0.4 is 32.3 Å². The fourth-order valence-electron chi connectivity index (χ4n) is 4.62. The zero-order valence-corrected chi connectivity index (χ0v) is 26.5. The number of carbonyl (C=O) groups is 7. The molecule has 2 aromatic rings. The quantitative estimate of drug-likeness (QED) is 0.0842. The molecule has 47 heavy (non-hydrogen) atoms. The SMILES string of the molecule is CC(C)[C@H](NC(=O)[C@H](Cc1c[nH]c2ccccc12)NC(=O)[C@@H](NC(=O)[C@H](CCC(=O)O)NC(=O)[C@H](C)NC(=O)CN)[C@@H](C)O)C(=O)O. The van der Waals surface area contributed by atoms with Gasteiger partial charge in [-0.3, -0.25) is 28.8 Å². The van der Waals surface area contributed by atoms with Gasteiger partial charge < -0.3 is 52.6 Å². The van der Waals surface area contributed by atoms with Gasteiger partial charge in [-0.15, -0.1) is 0 Å². The molecule has 17 heteroatoms. The molecule has 1 aromatic carbocycles. The van der Waals surface area contributed by atoms with E-state index in [4.69, 9.17) is 10.8 Å². The van der Waals surface area contributed by atoms with Crippen LogP contribution in [0.3, 0.4) is 0 Å². The smallest absolute Gasteiger partial charge is 0.326 e. The van der Waals surface area contributed by atoms with E-state index in [1.165, 1.54) is 13.8 Å². The van der Waals surface area contributed by atoms with Crippen LogP contribution in [0.25, 0.3) is 10.9 Å². The van der Waals surface area contributed by atoms with Gasteiger partial charge in [-0.25, -0.2) is 4.79 Å². The van der Waals surface area contributed by atoms with Crippen LogP contribution in [-0.2, 0) is 40.0 Å². The summed E-state index contributed by atoms with van der Waals surface area (Å²) in [5.74, 6) is -7.44. The summed E-state index contributed by atoms with van der Waals surface area (Å²) in [5.41, 5.74) is 6.60. The predicted molar refractivity (Wildman–Crippen MR) is 167 cm³/mol. The normalized spacial score (nSPS) is 15.0. The lowest BCUT2D eigenvalue weighted by Gasteiger charge is -2.28. The maximum Gasteiger partial charge on any atom is 0.326 e. The average molecular weight is 662 g/mol. The first-order chi connectivity index (χ1) is 22.0. The number of aliphatic hydroxyl groups excluding tert-OH is 1. The molecule has 258 valence electrons. The minimum atomic E-state index is -1.69. The number of aromatic nitrogens is 1. The van der Waals surface area contributed by atoms with E-state index in [2.05, 4.69) is 31.6 Å². The Morgan fingerprint density at radius 3 is 1.96 bits per heavy atom. The molecule has 1 heterocycles. The van der Waals surface area contributed by atoms with Crippen LogP contribution in [-0.4, -0.2) is 105 Å².